The van der Waals surface area contributed by atoms with E-state index in [4.69, 9.17) is 5.73 Å². The highest BCUT2D eigenvalue weighted by Gasteiger charge is 2.18. The Morgan fingerprint density at radius 3 is 2.25 bits per heavy atom. The van der Waals surface area contributed by atoms with Gasteiger partial charge in [-0.25, -0.2) is 0 Å². The van der Waals surface area contributed by atoms with Crippen molar-refractivity contribution in [3.8, 4) is 0 Å². The molecule has 24 heavy (non-hydrogen) atoms. The minimum Gasteiger partial charge on any atom is -0.355 e. The van der Waals surface area contributed by atoms with E-state index in [1.54, 1.807) is 31.1 Å². The highest BCUT2D eigenvalue weighted by Crippen LogP contribution is 2.09. The molecule has 1 atom stereocenters. The third-order valence-electron chi connectivity index (χ3n) is 3.85. The molecule has 0 saturated heterocycles. The van der Waals surface area contributed by atoms with Crippen LogP contribution >= 0.6 is 0 Å². The monoisotopic (exact) mass is 325 g/mol. The van der Waals surface area contributed by atoms with Crippen LogP contribution in [-0.4, -0.2) is 36.9 Å². The summed E-state index contributed by atoms with van der Waals surface area (Å²) in [5.74, 6) is -0.231. The van der Waals surface area contributed by atoms with E-state index in [1.807, 2.05) is 42.5 Å². The first-order valence-electron chi connectivity index (χ1n) is 7.86. The lowest BCUT2D eigenvalue weighted by atomic mass is 10.1. The summed E-state index contributed by atoms with van der Waals surface area (Å²) in [7, 11) is 3.33. The van der Waals surface area contributed by atoms with Gasteiger partial charge in [-0.3, -0.25) is 9.59 Å². The first-order valence-corrected chi connectivity index (χ1v) is 7.86. The third-order valence-corrected chi connectivity index (χ3v) is 3.85. The number of amides is 2. The van der Waals surface area contributed by atoms with E-state index in [2.05, 4.69) is 5.32 Å². The predicted octanol–water partition coefficient (Wildman–Crippen LogP) is 1.57. The van der Waals surface area contributed by atoms with Gasteiger partial charge >= 0.3 is 0 Å². The van der Waals surface area contributed by atoms with E-state index in [0.717, 1.165) is 11.1 Å². The number of benzene rings is 2. The number of rotatable bonds is 6. The molecular weight excluding hydrogens is 302 g/mol. The fraction of sp³-hybridized carbons (Fsp3) is 0.263. The molecule has 0 heterocycles. The Hall–Kier alpha value is -2.66. The second kappa shape index (κ2) is 8.26. The lowest BCUT2D eigenvalue weighted by molar-refractivity contribution is -0.131. The molecule has 0 spiro atoms. The lowest BCUT2D eigenvalue weighted by Crippen LogP contribution is -2.42. The Kier molecular flexibility index (Phi) is 6.09. The summed E-state index contributed by atoms with van der Waals surface area (Å²) in [4.78, 5) is 25.5. The SMILES string of the molecule is CNC(=O)c1ccc(CN(C)C(=O)C(N)Cc2ccccc2)cc1. The first kappa shape index (κ1) is 17.7. The van der Waals surface area contributed by atoms with E-state index in [-0.39, 0.29) is 11.8 Å². The number of nitrogens with one attached hydrogen (secondary N) is 1. The molecule has 0 aliphatic rings. The summed E-state index contributed by atoms with van der Waals surface area (Å²) >= 11 is 0. The zero-order valence-corrected chi connectivity index (χ0v) is 14.0. The molecule has 0 bridgehead atoms. The number of carbonyl (C=O) groups excluding carboxylic acids is 2. The summed E-state index contributed by atoms with van der Waals surface area (Å²) in [6.07, 6.45) is 0.514. The summed E-state index contributed by atoms with van der Waals surface area (Å²) in [5.41, 5.74) is 8.63. The van der Waals surface area contributed by atoms with Gasteiger partial charge in [-0.15, -0.1) is 0 Å². The van der Waals surface area contributed by atoms with E-state index < -0.39 is 6.04 Å². The molecule has 0 aromatic heterocycles. The van der Waals surface area contributed by atoms with Gasteiger partial charge in [0, 0.05) is 26.2 Å². The van der Waals surface area contributed by atoms with Gasteiger partial charge in [-0.2, -0.15) is 0 Å². The van der Waals surface area contributed by atoms with Gasteiger partial charge in [0.25, 0.3) is 5.91 Å². The standard InChI is InChI=1S/C19H23N3O2/c1-21-18(23)16-10-8-15(9-11-16)13-22(2)19(24)17(20)12-14-6-4-3-5-7-14/h3-11,17H,12-13,20H2,1-2H3,(H,21,23). The summed E-state index contributed by atoms with van der Waals surface area (Å²) in [6.45, 7) is 0.454. The molecule has 0 saturated carbocycles. The molecule has 5 nitrogen and oxygen atoms in total. The second-order valence-electron chi connectivity index (χ2n) is 5.77. The minimum absolute atomic E-state index is 0.103. The molecule has 126 valence electrons. The average Bonchev–Trinajstić information content (AvgIpc) is 2.61. The maximum absolute atomic E-state index is 12.4. The van der Waals surface area contributed by atoms with E-state index in [9.17, 15) is 9.59 Å². The van der Waals surface area contributed by atoms with Crippen LogP contribution in [0.2, 0.25) is 0 Å². The Balaban J connectivity index is 1.94. The van der Waals surface area contributed by atoms with Crippen molar-refractivity contribution >= 4 is 11.8 Å². The quantitative estimate of drug-likeness (QED) is 0.846. The maximum Gasteiger partial charge on any atom is 0.251 e. The normalized spacial score (nSPS) is 11.6. The number of hydrogen-bond acceptors (Lipinski definition) is 3. The summed E-state index contributed by atoms with van der Waals surface area (Å²) < 4.78 is 0. The van der Waals surface area contributed by atoms with Crippen molar-refractivity contribution in [3.05, 3.63) is 71.3 Å². The van der Waals surface area contributed by atoms with Crippen LogP contribution < -0.4 is 11.1 Å². The topological polar surface area (TPSA) is 75.4 Å². The summed E-state index contributed by atoms with van der Waals surface area (Å²) in [6, 6.07) is 16.3. The number of likely N-dealkylation sites (N-methyl/N-ethyl adjacent to an activating group) is 1. The molecule has 1 unspecified atom stereocenters. The van der Waals surface area contributed by atoms with Crippen LogP contribution in [0.3, 0.4) is 0 Å². The Bertz CT molecular complexity index is 684. The molecule has 5 heteroatoms. The van der Waals surface area contributed by atoms with Crippen LogP contribution in [0.4, 0.5) is 0 Å². The number of nitrogens with two attached hydrogens (primary N) is 1. The van der Waals surface area contributed by atoms with E-state index in [1.165, 1.54) is 0 Å². The van der Waals surface area contributed by atoms with E-state index >= 15 is 0 Å². The number of nitrogens with zero attached hydrogens (tertiary/aromatic N) is 1. The van der Waals surface area contributed by atoms with Crippen LogP contribution in [-0.2, 0) is 17.8 Å². The highest BCUT2D eigenvalue weighted by atomic mass is 16.2. The van der Waals surface area contributed by atoms with Crippen molar-refractivity contribution in [3.63, 3.8) is 0 Å². The molecule has 2 aromatic rings. The minimum atomic E-state index is -0.567. The molecule has 2 amide bonds. The van der Waals surface area contributed by atoms with Crippen LogP contribution in [0.15, 0.2) is 54.6 Å². The molecular formula is C19H23N3O2. The van der Waals surface area contributed by atoms with Crippen molar-refractivity contribution in [2.24, 2.45) is 5.73 Å². The smallest absolute Gasteiger partial charge is 0.251 e. The average molecular weight is 325 g/mol. The first-order chi connectivity index (χ1) is 11.5. The van der Waals surface area contributed by atoms with Crippen molar-refractivity contribution in [2.45, 2.75) is 19.0 Å². The van der Waals surface area contributed by atoms with Gasteiger partial charge < -0.3 is 16.0 Å². The third kappa shape index (κ3) is 4.67. The maximum atomic E-state index is 12.4. The van der Waals surface area contributed by atoms with Crippen LogP contribution in [0.25, 0.3) is 0 Å². The van der Waals surface area contributed by atoms with Crippen LogP contribution in [0, 0.1) is 0 Å². The fourth-order valence-corrected chi connectivity index (χ4v) is 2.50. The van der Waals surface area contributed by atoms with Gasteiger partial charge in [0.1, 0.15) is 0 Å². The zero-order valence-electron chi connectivity index (χ0n) is 14.0. The molecule has 0 aliphatic heterocycles. The highest BCUT2D eigenvalue weighted by molar-refractivity contribution is 5.93. The zero-order chi connectivity index (χ0) is 17.5. The second-order valence-corrected chi connectivity index (χ2v) is 5.77. The van der Waals surface area contributed by atoms with Crippen LogP contribution in [0.1, 0.15) is 21.5 Å². The largest absolute Gasteiger partial charge is 0.355 e. The molecule has 0 fully saturated rings. The van der Waals surface area contributed by atoms with Crippen molar-refractivity contribution in [2.75, 3.05) is 14.1 Å². The van der Waals surface area contributed by atoms with Gasteiger partial charge in [-0.1, -0.05) is 42.5 Å². The molecule has 0 aliphatic carbocycles. The fourth-order valence-electron chi connectivity index (χ4n) is 2.50. The van der Waals surface area contributed by atoms with Gasteiger partial charge in [0.15, 0.2) is 0 Å². The van der Waals surface area contributed by atoms with E-state index in [0.29, 0.717) is 18.5 Å². The van der Waals surface area contributed by atoms with Gasteiger partial charge in [-0.05, 0) is 29.7 Å². The predicted molar refractivity (Wildman–Crippen MR) is 94.4 cm³/mol. The van der Waals surface area contributed by atoms with Crippen molar-refractivity contribution < 1.29 is 9.59 Å². The Morgan fingerprint density at radius 2 is 1.67 bits per heavy atom. The number of hydrogen-bond donors (Lipinski definition) is 2. The van der Waals surface area contributed by atoms with Gasteiger partial charge in [0.05, 0.1) is 6.04 Å². The molecule has 3 N–H and O–H groups in total. The Morgan fingerprint density at radius 1 is 1.04 bits per heavy atom. The lowest BCUT2D eigenvalue weighted by Gasteiger charge is -2.21. The van der Waals surface area contributed by atoms with Crippen LogP contribution in [0.5, 0.6) is 0 Å². The molecule has 2 rings (SSSR count). The molecule has 0 radical (unpaired) electrons. The van der Waals surface area contributed by atoms with Gasteiger partial charge in [0.2, 0.25) is 5.91 Å². The van der Waals surface area contributed by atoms with Crippen molar-refractivity contribution in [1.29, 1.82) is 0 Å². The molecule has 2 aromatic carbocycles. The Labute approximate surface area is 142 Å². The van der Waals surface area contributed by atoms with Crippen molar-refractivity contribution in [1.82, 2.24) is 10.2 Å². The summed E-state index contributed by atoms with van der Waals surface area (Å²) in [5, 5.41) is 2.58. The number of carbonyl (C=O) groups is 2.